The van der Waals surface area contributed by atoms with Crippen molar-refractivity contribution in [2.24, 2.45) is 0 Å². The smallest absolute Gasteiger partial charge is 0.273 e. The molecule has 0 aliphatic rings. The minimum Gasteiger partial charge on any atom is -0.375 e. The van der Waals surface area contributed by atoms with Gasteiger partial charge in [0.25, 0.3) is 5.91 Å². The van der Waals surface area contributed by atoms with E-state index in [2.05, 4.69) is 11.1 Å². The third-order valence-electron chi connectivity index (χ3n) is 2.59. The summed E-state index contributed by atoms with van der Waals surface area (Å²) in [6.45, 7) is 0.460. The third-order valence-corrected chi connectivity index (χ3v) is 3.26. The number of benzene rings is 1. The number of thiazole rings is 1. The molecule has 0 radical (unpaired) electrons. The Kier molecular flexibility index (Phi) is 3.78. The van der Waals surface area contributed by atoms with Crippen LogP contribution in [0.2, 0.25) is 0 Å². The molecule has 0 aliphatic carbocycles. The number of carbonyl (C=O) groups is 1. The number of carbonyl (C=O) groups excluding carboxylic acids is 1. The first-order chi connectivity index (χ1) is 9.10. The van der Waals surface area contributed by atoms with E-state index in [4.69, 9.17) is 11.0 Å². The lowest BCUT2D eigenvalue weighted by atomic mass is 10.1. The lowest BCUT2D eigenvalue weighted by Gasteiger charge is -2.15. The summed E-state index contributed by atoms with van der Waals surface area (Å²) >= 11 is 1.24. The number of nitrogen functional groups attached to an aromatic ring is 1. The highest BCUT2D eigenvalue weighted by Crippen LogP contribution is 2.14. The van der Waals surface area contributed by atoms with Gasteiger partial charge in [-0.1, -0.05) is 12.1 Å². The largest absolute Gasteiger partial charge is 0.375 e. The Morgan fingerprint density at radius 2 is 2.16 bits per heavy atom. The third kappa shape index (κ3) is 3.09. The molecule has 1 amide bonds. The van der Waals surface area contributed by atoms with Crippen LogP contribution >= 0.6 is 11.3 Å². The van der Waals surface area contributed by atoms with E-state index in [-0.39, 0.29) is 5.91 Å². The predicted molar refractivity (Wildman–Crippen MR) is 73.5 cm³/mol. The van der Waals surface area contributed by atoms with Crippen molar-refractivity contribution in [1.82, 2.24) is 9.88 Å². The lowest BCUT2D eigenvalue weighted by molar-refractivity contribution is 0.0780. The Morgan fingerprint density at radius 1 is 1.47 bits per heavy atom. The fourth-order valence-electron chi connectivity index (χ4n) is 1.61. The maximum atomic E-state index is 12.0. The molecule has 0 bridgehead atoms. The van der Waals surface area contributed by atoms with Crippen LogP contribution in [0.3, 0.4) is 0 Å². The molecule has 0 saturated carbocycles. The van der Waals surface area contributed by atoms with Crippen molar-refractivity contribution >= 4 is 22.4 Å². The molecule has 2 rings (SSSR count). The molecule has 1 aromatic heterocycles. The van der Waals surface area contributed by atoms with Crippen LogP contribution in [0.25, 0.3) is 0 Å². The quantitative estimate of drug-likeness (QED) is 0.924. The molecule has 1 heterocycles. The van der Waals surface area contributed by atoms with Gasteiger partial charge in [-0.15, -0.1) is 11.3 Å². The van der Waals surface area contributed by atoms with Crippen molar-refractivity contribution in [3.05, 3.63) is 46.5 Å². The van der Waals surface area contributed by atoms with Gasteiger partial charge in [0.05, 0.1) is 11.6 Å². The van der Waals surface area contributed by atoms with Crippen LogP contribution in [0.15, 0.2) is 29.6 Å². The van der Waals surface area contributed by atoms with Crippen molar-refractivity contribution in [3.63, 3.8) is 0 Å². The van der Waals surface area contributed by atoms with Gasteiger partial charge in [-0.05, 0) is 17.7 Å². The average Bonchev–Trinajstić information content (AvgIpc) is 2.85. The van der Waals surface area contributed by atoms with Gasteiger partial charge in [-0.2, -0.15) is 5.26 Å². The van der Waals surface area contributed by atoms with E-state index in [1.54, 1.807) is 29.5 Å². The molecule has 2 aromatic rings. The Hall–Kier alpha value is -2.39. The Labute approximate surface area is 114 Å². The molecule has 5 nitrogen and oxygen atoms in total. The molecule has 0 unspecified atom stereocenters. The van der Waals surface area contributed by atoms with Gasteiger partial charge in [0, 0.05) is 19.0 Å². The molecule has 0 fully saturated rings. The highest BCUT2D eigenvalue weighted by atomic mass is 32.1. The van der Waals surface area contributed by atoms with Crippen molar-refractivity contribution in [2.45, 2.75) is 6.54 Å². The Balaban J connectivity index is 2.06. The van der Waals surface area contributed by atoms with Crippen LogP contribution in [0.5, 0.6) is 0 Å². The van der Waals surface area contributed by atoms with Gasteiger partial charge in [0.1, 0.15) is 5.69 Å². The average molecular weight is 272 g/mol. The first kappa shape index (κ1) is 13.1. The molecular weight excluding hydrogens is 260 g/mol. The van der Waals surface area contributed by atoms with Gasteiger partial charge < -0.3 is 10.6 Å². The van der Waals surface area contributed by atoms with Crippen molar-refractivity contribution in [1.29, 1.82) is 5.26 Å². The molecule has 0 spiro atoms. The normalized spacial score (nSPS) is 9.89. The standard InChI is InChI=1S/C13H12N4OS/c1-17(12(18)11-8-19-13(15)16-11)7-10-4-2-9(6-14)3-5-10/h2-5,8H,7H2,1H3,(H2,15,16). The summed E-state index contributed by atoms with van der Waals surface area (Å²) < 4.78 is 0. The summed E-state index contributed by atoms with van der Waals surface area (Å²) in [7, 11) is 1.70. The lowest BCUT2D eigenvalue weighted by Crippen LogP contribution is -2.26. The fraction of sp³-hybridized carbons (Fsp3) is 0.154. The summed E-state index contributed by atoms with van der Waals surface area (Å²) in [4.78, 5) is 17.6. The number of hydrogen-bond acceptors (Lipinski definition) is 5. The summed E-state index contributed by atoms with van der Waals surface area (Å²) in [6, 6.07) is 9.18. The summed E-state index contributed by atoms with van der Waals surface area (Å²) in [5, 5.41) is 10.7. The number of anilines is 1. The molecule has 2 N–H and O–H groups in total. The molecule has 19 heavy (non-hydrogen) atoms. The van der Waals surface area contributed by atoms with E-state index < -0.39 is 0 Å². The molecule has 0 aliphatic heterocycles. The topological polar surface area (TPSA) is 83.0 Å². The van der Waals surface area contributed by atoms with E-state index >= 15 is 0 Å². The van der Waals surface area contributed by atoms with E-state index in [1.165, 1.54) is 11.3 Å². The van der Waals surface area contributed by atoms with Crippen molar-refractivity contribution in [2.75, 3.05) is 12.8 Å². The zero-order valence-electron chi connectivity index (χ0n) is 10.3. The SMILES string of the molecule is CN(Cc1ccc(C#N)cc1)C(=O)c1csc(N)n1. The number of nitriles is 1. The number of amides is 1. The number of aromatic nitrogens is 1. The Morgan fingerprint density at radius 3 is 2.68 bits per heavy atom. The highest BCUT2D eigenvalue weighted by Gasteiger charge is 2.14. The molecule has 0 atom stereocenters. The first-order valence-electron chi connectivity index (χ1n) is 5.55. The second-order valence-electron chi connectivity index (χ2n) is 4.04. The van der Waals surface area contributed by atoms with Crippen LogP contribution in [0, 0.1) is 11.3 Å². The minimum absolute atomic E-state index is 0.169. The van der Waals surface area contributed by atoms with Gasteiger partial charge >= 0.3 is 0 Å². The van der Waals surface area contributed by atoms with E-state index in [1.807, 2.05) is 12.1 Å². The van der Waals surface area contributed by atoms with Crippen LogP contribution in [0.4, 0.5) is 5.13 Å². The maximum Gasteiger partial charge on any atom is 0.273 e. The molecule has 1 aromatic carbocycles. The second-order valence-corrected chi connectivity index (χ2v) is 4.93. The predicted octanol–water partition coefficient (Wildman–Crippen LogP) is 1.87. The maximum absolute atomic E-state index is 12.0. The fourth-order valence-corrected chi connectivity index (χ4v) is 2.15. The molecule has 0 saturated heterocycles. The van der Waals surface area contributed by atoms with Gasteiger partial charge in [-0.3, -0.25) is 4.79 Å². The number of hydrogen-bond donors (Lipinski definition) is 1. The summed E-state index contributed by atoms with van der Waals surface area (Å²) in [5.41, 5.74) is 7.43. The van der Waals surface area contributed by atoms with Gasteiger partial charge in [0.15, 0.2) is 5.13 Å². The highest BCUT2D eigenvalue weighted by molar-refractivity contribution is 7.13. The number of nitrogens with two attached hydrogens (primary N) is 1. The van der Waals surface area contributed by atoms with Crippen molar-refractivity contribution < 1.29 is 4.79 Å². The summed E-state index contributed by atoms with van der Waals surface area (Å²) in [5.74, 6) is -0.169. The summed E-state index contributed by atoms with van der Waals surface area (Å²) in [6.07, 6.45) is 0. The van der Waals surface area contributed by atoms with Gasteiger partial charge in [0.2, 0.25) is 0 Å². The molecular formula is C13H12N4OS. The Bertz CT molecular complexity index is 627. The van der Waals surface area contributed by atoms with Crippen molar-refractivity contribution in [3.8, 4) is 6.07 Å². The van der Waals surface area contributed by atoms with Crippen LogP contribution in [0.1, 0.15) is 21.6 Å². The van der Waals surface area contributed by atoms with Crippen LogP contribution < -0.4 is 5.73 Å². The van der Waals surface area contributed by atoms with Crippen LogP contribution in [-0.2, 0) is 6.54 Å². The first-order valence-corrected chi connectivity index (χ1v) is 6.43. The second kappa shape index (κ2) is 5.50. The van der Waals surface area contributed by atoms with E-state index in [0.717, 1.165) is 5.56 Å². The number of rotatable bonds is 3. The van der Waals surface area contributed by atoms with Gasteiger partial charge in [-0.25, -0.2) is 4.98 Å². The van der Waals surface area contributed by atoms with Crippen LogP contribution in [-0.4, -0.2) is 22.8 Å². The minimum atomic E-state index is -0.169. The zero-order valence-corrected chi connectivity index (χ0v) is 11.1. The van der Waals surface area contributed by atoms with E-state index in [9.17, 15) is 4.79 Å². The monoisotopic (exact) mass is 272 g/mol. The van der Waals surface area contributed by atoms with E-state index in [0.29, 0.717) is 22.9 Å². The zero-order chi connectivity index (χ0) is 13.8. The molecule has 96 valence electrons. The number of nitrogens with zero attached hydrogens (tertiary/aromatic N) is 3. The molecule has 6 heteroatoms.